The summed E-state index contributed by atoms with van der Waals surface area (Å²) >= 11 is 0. The van der Waals surface area contributed by atoms with Gasteiger partial charge >= 0.3 is 7.69 Å². The van der Waals surface area contributed by atoms with E-state index in [9.17, 15) is 0 Å². The highest BCUT2D eigenvalue weighted by atomic mass is 16.6. The molecule has 0 unspecified atom stereocenters. The summed E-state index contributed by atoms with van der Waals surface area (Å²) in [5.41, 5.74) is 2.06. The summed E-state index contributed by atoms with van der Waals surface area (Å²) in [5.74, 6) is 1.38. The van der Waals surface area contributed by atoms with Gasteiger partial charge in [-0.1, -0.05) is 0 Å². The van der Waals surface area contributed by atoms with Crippen LogP contribution < -0.4 is 9.31 Å². The molecule has 2 aromatic rings. The van der Waals surface area contributed by atoms with Crippen molar-refractivity contribution in [3.8, 4) is 11.5 Å². The quantitative estimate of drug-likeness (QED) is 0.607. The highest BCUT2D eigenvalue weighted by Crippen LogP contribution is 2.14. The molecule has 2 fully saturated rings. The van der Waals surface area contributed by atoms with Gasteiger partial charge in [0.25, 0.3) is 0 Å². The van der Waals surface area contributed by atoms with Crippen molar-refractivity contribution in [2.45, 2.75) is 13.1 Å². The van der Waals surface area contributed by atoms with E-state index in [4.69, 9.17) is 18.8 Å². The van der Waals surface area contributed by atoms with E-state index in [1.807, 2.05) is 24.3 Å². The minimum absolute atomic E-state index is 0.120. The first-order valence-electron chi connectivity index (χ1n) is 10.1. The molecule has 4 heterocycles. The van der Waals surface area contributed by atoms with Gasteiger partial charge in [-0.05, 0) is 24.3 Å². The summed E-state index contributed by atoms with van der Waals surface area (Å²) in [6.45, 7) is 8.65. The van der Waals surface area contributed by atoms with E-state index < -0.39 is 0 Å². The molecule has 29 heavy (non-hydrogen) atoms. The molecule has 2 aliphatic rings. The molecule has 9 heteroatoms. The maximum atomic E-state index is 5.64. The molecular formula is C20H27BN4O4. The lowest BCUT2D eigenvalue weighted by Crippen LogP contribution is -2.35. The fourth-order valence-corrected chi connectivity index (χ4v) is 3.32. The summed E-state index contributed by atoms with van der Waals surface area (Å²) in [6.07, 6.45) is 3.48. The van der Waals surface area contributed by atoms with Crippen LogP contribution in [0.2, 0.25) is 0 Å². The van der Waals surface area contributed by atoms with Crippen molar-refractivity contribution in [2.24, 2.45) is 0 Å². The fraction of sp³-hybridized carbons (Fsp3) is 0.500. The van der Waals surface area contributed by atoms with Crippen LogP contribution in [0, 0.1) is 0 Å². The average Bonchev–Trinajstić information content (AvgIpc) is 2.78. The highest BCUT2D eigenvalue weighted by Gasteiger charge is 2.12. The van der Waals surface area contributed by atoms with Crippen LogP contribution in [-0.2, 0) is 22.6 Å². The lowest BCUT2D eigenvalue weighted by Gasteiger charge is -2.26. The molecule has 0 aromatic carbocycles. The highest BCUT2D eigenvalue weighted by molar-refractivity contribution is 6.20. The third-order valence-corrected chi connectivity index (χ3v) is 5.03. The van der Waals surface area contributed by atoms with Crippen molar-refractivity contribution in [1.29, 1.82) is 0 Å². The molecule has 2 aliphatic heterocycles. The van der Waals surface area contributed by atoms with Crippen LogP contribution in [0.1, 0.15) is 11.4 Å². The fourth-order valence-electron chi connectivity index (χ4n) is 3.32. The Balaban J connectivity index is 1.18. The summed E-state index contributed by atoms with van der Waals surface area (Å²) in [7, 11) is 0.120. The molecule has 0 bridgehead atoms. The van der Waals surface area contributed by atoms with Gasteiger partial charge in [-0.3, -0.25) is 19.8 Å². The topological polar surface area (TPSA) is 69.2 Å². The Morgan fingerprint density at radius 1 is 0.724 bits per heavy atom. The number of aromatic nitrogens is 2. The summed E-state index contributed by atoms with van der Waals surface area (Å²) in [6, 6.07) is 7.84. The monoisotopic (exact) mass is 398 g/mol. The van der Waals surface area contributed by atoms with E-state index in [2.05, 4.69) is 19.8 Å². The Hall–Kier alpha value is -2.20. The number of ether oxygens (including phenoxy) is 2. The standard InChI is InChI=1S/C20H27BN4O4/c1-3-19(13-22-17(1)15-24-5-9-26-10-6-24)28-21-29-20-4-2-18(23-14-20)16-25-7-11-27-12-8-25/h1-4,13-14,21H,5-12,15-16H2. The summed E-state index contributed by atoms with van der Waals surface area (Å²) < 4.78 is 22.0. The van der Waals surface area contributed by atoms with Crippen molar-refractivity contribution >= 4 is 7.69 Å². The minimum atomic E-state index is 0.120. The van der Waals surface area contributed by atoms with E-state index in [-0.39, 0.29) is 7.69 Å². The maximum absolute atomic E-state index is 5.64. The SMILES string of the molecule is B(Oc1ccc(CN2CCOCC2)nc1)Oc1ccc(CN2CCOCC2)nc1. The van der Waals surface area contributed by atoms with Crippen molar-refractivity contribution < 1.29 is 18.8 Å². The predicted octanol–water partition coefficient (Wildman–Crippen LogP) is 0.865. The van der Waals surface area contributed by atoms with Gasteiger partial charge in [-0.25, -0.2) is 0 Å². The zero-order chi connectivity index (χ0) is 19.7. The second kappa shape index (κ2) is 10.5. The van der Waals surface area contributed by atoms with E-state index in [1.54, 1.807) is 12.4 Å². The van der Waals surface area contributed by atoms with Crippen molar-refractivity contribution in [1.82, 2.24) is 19.8 Å². The van der Waals surface area contributed by atoms with Gasteiger partial charge in [-0.2, -0.15) is 0 Å². The summed E-state index contributed by atoms with van der Waals surface area (Å²) in [5, 5.41) is 0. The number of hydrogen-bond acceptors (Lipinski definition) is 8. The van der Waals surface area contributed by atoms with Crippen LogP contribution in [0.15, 0.2) is 36.7 Å². The third-order valence-electron chi connectivity index (χ3n) is 5.03. The smallest absolute Gasteiger partial charge is 0.527 e. The number of rotatable bonds is 8. The van der Waals surface area contributed by atoms with Crippen LogP contribution in [-0.4, -0.2) is 80.1 Å². The van der Waals surface area contributed by atoms with Gasteiger partial charge in [0.1, 0.15) is 11.5 Å². The molecule has 0 saturated carbocycles. The lowest BCUT2D eigenvalue weighted by molar-refractivity contribution is 0.0336. The van der Waals surface area contributed by atoms with Crippen LogP contribution in [0.4, 0.5) is 0 Å². The van der Waals surface area contributed by atoms with Crippen LogP contribution in [0.5, 0.6) is 11.5 Å². The Morgan fingerprint density at radius 2 is 1.17 bits per heavy atom. The Bertz CT molecular complexity index is 672. The first-order valence-corrected chi connectivity index (χ1v) is 10.1. The molecule has 0 spiro atoms. The number of pyridine rings is 2. The molecule has 0 amide bonds. The zero-order valence-electron chi connectivity index (χ0n) is 16.7. The molecule has 2 saturated heterocycles. The van der Waals surface area contributed by atoms with E-state index in [0.717, 1.165) is 77.1 Å². The molecule has 0 radical (unpaired) electrons. The molecule has 154 valence electrons. The van der Waals surface area contributed by atoms with E-state index >= 15 is 0 Å². The maximum Gasteiger partial charge on any atom is 0.576 e. The molecule has 2 aromatic heterocycles. The van der Waals surface area contributed by atoms with Crippen LogP contribution in [0.3, 0.4) is 0 Å². The molecule has 4 rings (SSSR count). The normalized spacial score (nSPS) is 18.3. The van der Waals surface area contributed by atoms with Gasteiger partial charge in [0, 0.05) is 39.3 Å². The number of hydrogen-bond donors (Lipinski definition) is 0. The second-order valence-electron chi connectivity index (χ2n) is 7.15. The lowest BCUT2D eigenvalue weighted by atomic mass is 10.3. The third kappa shape index (κ3) is 6.40. The van der Waals surface area contributed by atoms with Gasteiger partial charge < -0.3 is 18.8 Å². The number of nitrogens with zero attached hydrogens (tertiary/aromatic N) is 4. The van der Waals surface area contributed by atoms with Gasteiger partial charge in [-0.15, -0.1) is 0 Å². The Morgan fingerprint density at radius 3 is 1.55 bits per heavy atom. The van der Waals surface area contributed by atoms with Gasteiger partial charge in [0.2, 0.25) is 0 Å². The minimum Gasteiger partial charge on any atom is -0.527 e. The second-order valence-corrected chi connectivity index (χ2v) is 7.15. The van der Waals surface area contributed by atoms with Crippen molar-refractivity contribution in [3.63, 3.8) is 0 Å². The molecule has 0 atom stereocenters. The summed E-state index contributed by atoms with van der Waals surface area (Å²) in [4.78, 5) is 13.6. The average molecular weight is 398 g/mol. The van der Waals surface area contributed by atoms with Crippen molar-refractivity contribution in [3.05, 3.63) is 48.0 Å². The van der Waals surface area contributed by atoms with Crippen molar-refractivity contribution in [2.75, 3.05) is 52.6 Å². The Labute approximate surface area is 172 Å². The molecule has 8 nitrogen and oxygen atoms in total. The molecular weight excluding hydrogens is 371 g/mol. The molecule has 0 aliphatic carbocycles. The van der Waals surface area contributed by atoms with Gasteiger partial charge in [0.15, 0.2) is 0 Å². The zero-order valence-corrected chi connectivity index (χ0v) is 16.7. The number of morpholine rings is 2. The first kappa shape index (κ1) is 20.1. The molecule has 0 N–H and O–H groups in total. The largest absolute Gasteiger partial charge is 0.576 e. The van der Waals surface area contributed by atoms with E-state index in [1.165, 1.54) is 0 Å². The first-order chi connectivity index (χ1) is 14.3. The van der Waals surface area contributed by atoms with Crippen LogP contribution in [0.25, 0.3) is 0 Å². The Kier molecular flexibility index (Phi) is 7.31. The predicted molar refractivity (Wildman–Crippen MR) is 109 cm³/mol. The van der Waals surface area contributed by atoms with Gasteiger partial charge in [0.05, 0.1) is 50.2 Å². The van der Waals surface area contributed by atoms with Crippen LogP contribution >= 0.6 is 0 Å². The van der Waals surface area contributed by atoms with E-state index in [0.29, 0.717) is 11.5 Å².